The van der Waals surface area contributed by atoms with Gasteiger partial charge in [-0.3, -0.25) is 9.38 Å². The Morgan fingerprint density at radius 3 is 2.77 bits per heavy atom. The van der Waals surface area contributed by atoms with E-state index in [-0.39, 0.29) is 11.3 Å². The summed E-state index contributed by atoms with van der Waals surface area (Å²) >= 11 is 0. The quantitative estimate of drug-likeness (QED) is 0.523. The van der Waals surface area contributed by atoms with Gasteiger partial charge in [0, 0.05) is 23.6 Å². The van der Waals surface area contributed by atoms with E-state index in [0.717, 1.165) is 0 Å². The van der Waals surface area contributed by atoms with Crippen LogP contribution in [0, 0.1) is 0 Å². The first kappa shape index (κ1) is 15.6. The van der Waals surface area contributed by atoms with Crippen LogP contribution in [0.25, 0.3) is 16.9 Å². The number of nitrogens with one attached hydrogen (secondary N) is 1. The molecule has 0 saturated heterocycles. The van der Waals surface area contributed by atoms with E-state index in [0.29, 0.717) is 28.4 Å². The Hall–Kier alpha value is -3.87. The third-order valence-electron chi connectivity index (χ3n) is 3.96. The number of phenolic OH excluding ortho intramolecular Hbond substituents is 1. The molecule has 0 unspecified atom stereocenters. The van der Waals surface area contributed by atoms with Crippen LogP contribution in [-0.2, 0) is 0 Å². The van der Waals surface area contributed by atoms with Crippen LogP contribution in [0.1, 0.15) is 10.4 Å². The van der Waals surface area contributed by atoms with E-state index in [1.54, 1.807) is 53.3 Å². The molecule has 2 heterocycles. The van der Waals surface area contributed by atoms with Crippen molar-refractivity contribution in [2.75, 3.05) is 5.32 Å². The SMILES string of the molecule is O=C(O)c1cccc(Nc2c(-c3ccccc3O)nc3cnccn23)c1. The molecule has 0 saturated carbocycles. The molecule has 0 aliphatic rings. The maximum Gasteiger partial charge on any atom is 0.335 e. The van der Waals surface area contributed by atoms with Gasteiger partial charge >= 0.3 is 5.97 Å². The van der Waals surface area contributed by atoms with Gasteiger partial charge < -0.3 is 15.5 Å². The number of anilines is 2. The van der Waals surface area contributed by atoms with Crippen molar-refractivity contribution in [3.05, 3.63) is 72.7 Å². The van der Waals surface area contributed by atoms with Crippen LogP contribution in [0.4, 0.5) is 11.5 Å². The molecule has 0 aliphatic carbocycles. The van der Waals surface area contributed by atoms with Crippen molar-refractivity contribution in [2.24, 2.45) is 0 Å². The van der Waals surface area contributed by atoms with Gasteiger partial charge in [0.1, 0.15) is 17.3 Å². The fraction of sp³-hybridized carbons (Fsp3) is 0. The molecule has 7 nitrogen and oxygen atoms in total. The lowest BCUT2D eigenvalue weighted by atomic mass is 10.1. The van der Waals surface area contributed by atoms with Crippen LogP contribution in [0.15, 0.2) is 67.1 Å². The standard InChI is InChI=1S/C19H14N4O3/c24-15-7-2-1-6-14(15)17-18(23-9-8-20-11-16(23)22-17)21-13-5-3-4-12(10-13)19(25)26/h1-11,21,24H,(H,25,26). The van der Waals surface area contributed by atoms with E-state index in [2.05, 4.69) is 15.3 Å². The number of nitrogens with zero attached hydrogens (tertiary/aromatic N) is 3. The summed E-state index contributed by atoms with van der Waals surface area (Å²) in [5, 5.41) is 22.6. The third kappa shape index (κ3) is 2.71. The minimum Gasteiger partial charge on any atom is -0.507 e. The molecule has 4 rings (SSSR count). The number of imidazole rings is 1. The Balaban J connectivity index is 1.88. The number of para-hydroxylation sites is 1. The zero-order chi connectivity index (χ0) is 18.1. The van der Waals surface area contributed by atoms with Crippen LogP contribution < -0.4 is 5.32 Å². The van der Waals surface area contributed by atoms with E-state index in [9.17, 15) is 15.0 Å². The van der Waals surface area contributed by atoms with Crippen molar-refractivity contribution in [3.8, 4) is 17.0 Å². The summed E-state index contributed by atoms with van der Waals surface area (Å²) in [6.07, 6.45) is 4.99. The number of rotatable bonds is 4. The van der Waals surface area contributed by atoms with Crippen molar-refractivity contribution < 1.29 is 15.0 Å². The van der Waals surface area contributed by atoms with Crippen molar-refractivity contribution in [2.45, 2.75) is 0 Å². The average molecular weight is 346 g/mol. The molecular weight excluding hydrogens is 332 g/mol. The lowest BCUT2D eigenvalue weighted by molar-refractivity contribution is 0.0697. The number of aromatic nitrogens is 3. The minimum absolute atomic E-state index is 0.103. The minimum atomic E-state index is -1.00. The molecule has 0 aliphatic heterocycles. The van der Waals surface area contributed by atoms with E-state index < -0.39 is 5.97 Å². The number of fused-ring (bicyclic) bond motifs is 1. The summed E-state index contributed by atoms with van der Waals surface area (Å²) < 4.78 is 1.79. The van der Waals surface area contributed by atoms with Gasteiger partial charge in [-0.25, -0.2) is 9.78 Å². The molecule has 128 valence electrons. The Labute approximate surface area is 148 Å². The van der Waals surface area contributed by atoms with Crippen molar-refractivity contribution in [1.29, 1.82) is 0 Å². The molecule has 4 aromatic rings. The van der Waals surface area contributed by atoms with Crippen LogP contribution in [-0.4, -0.2) is 30.6 Å². The summed E-state index contributed by atoms with van der Waals surface area (Å²) in [5.74, 6) is -0.297. The van der Waals surface area contributed by atoms with E-state index in [1.807, 2.05) is 6.07 Å². The molecule has 0 bridgehead atoms. The smallest absolute Gasteiger partial charge is 0.335 e. The molecule has 0 fully saturated rings. The lowest BCUT2D eigenvalue weighted by Gasteiger charge is -2.10. The average Bonchev–Trinajstić information content (AvgIpc) is 3.01. The number of benzene rings is 2. The molecule has 3 N–H and O–H groups in total. The Morgan fingerprint density at radius 1 is 1.12 bits per heavy atom. The van der Waals surface area contributed by atoms with Crippen molar-refractivity contribution in [1.82, 2.24) is 14.4 Å². The van der Waals surface area contributed by atoms with Gasteiger partial charge in [0.2, 0.25) is 0 Å². The summed E-state index contributed by atoms with van der Waals surface area (Å²) in [7, 11) is 0. The van der Waals surface area contributed by atoms with Crippen molar-refractivity contribution in [3.63, 3.8) is 0 Å². The summed E-state index contributed by atoms with van der Waals surface area (Å²) in [4.78, 5) is 19.8. The molecule has 2 aromatic heterocycles. The number of phenols is 1. The van der Waals surface area contributed by atoms with Crippen LogP contribution in [0.2, 0.25) is 0 Å². The predicted molar refractivity (Wildman–Crippen MR) is 96.8 cm³/mol. The largest absolute Gasteiger partial charge is 0.507 e. The fourth-order valence-corrected chi connectivity index (χ4v) is 2.75. The lowest BCUT2D eigenvalue weighted by Crippen LogP contribution is -2.00. The van der Waals surface area contributed by atoms with Gasteiger partial charge in [-0.2, -0.15) is 0 Å². The number of carbonyl (C=O) groups is 1. The van der Waals surface area contributed by atoms with Gasteiger partial charge in [0.05, 0.1) is 11.8 Å². The number of aromatic hydroxyl groups is 1. The zero-order valence-electron chi connectivity index (χ0n) is 13.5. The second-order valence-corrected chi connectivity index (χ2v) is 5.64. The van der Waals surface area contributed by atoms with Gasteiger partial charge in [-0.1, -0.05) is 18.2 Å². The Bertz CT molecular complexity index is 1120. The van der Waals surface area contributed by atoms with Gasteiger partial charge in [-0.15, -0.1) is 0 Å². The van der Waals surface area contributed by atoms with E-state index in [4.69, 9.17) is 0 Å². The summed E-state index contributed by atoms with van der Waals surface area (Å²) in [6, 6.07) is 13.4. The van der Waals surface area contributed by atoms with E-state index in [1.165, 1.54) is 12.1 Å². The Kier molecular flexibility index (Phi) is 3.74. The first-order valence-electron chi connectivity index (χ1n) is 7.84. The molecule has 26 heavy (non-hydrogen) atoms. The second-order valence-electron chi connectivity index (χ2n) is 5.64. The molecule has 0 spiro atoms. The van der Waals surface area contributed by atoms with Gasteiger partial charge in [0.25, 0.3) is 0 Å². The maximum atomic E-state index is 11.2. The predicted octanol–water partition coefficient (Wildman–Crippen LogP) is 3.54. The van der Waals surface area contributed by atoms with Crippen LogP contribution in [0.3, 0.4) is 0 Å². The molecule has 0 radical (unpaired) electrons. The zero-order valence-corrected chi connectivity index (χ0v) is 13.5. The van der Waals surface area contributed by atoms with Gasteiger partial charge in [0.15, 0.2) is 5.65 Å². The summed E-state index contributed by atoms with van der Waals surface area (Å²) in [5.41, 5.74) is 2.47. The topological polar surface area (TPSA) is 99.8 Å². The van der Waals surface area contributed by atoms with Crippen molar-refractivity contribution >= 4 is 23.1 Å². The highest BCUT2D eigenvalue weighted by Gasteiger charge is 2.17. The molecule has 0 atom stereocenters. The number of aromatic carboxylic acids is 1. The maximum absolute atomic E-state index is 11.2. The monoisotopic (exact) mass is 346 g/mol. The highest BCUT2D eigenvalue weighted by atomic mass is 16.4. The third-order valence-corrected chi connectivity index (χ3v) is 3.96. The number of hydrogen-bond acceptors (Lipinski definition) is 5. The molecular formula is C19H14N4O3. The highest BCUT2D eigenvalue weighted by Crippen LogP contribution is 2.35. The second kappa shape index (κ2) is 6.21. The first-order valence-corrected chi connectivity index (χ1v) is 7.84. The summed E-state index contributed by atoms with van der Waals surface area (Å²) in [6.45, 7) is 0. The highest BCUT2D eigenvalue weighted by molar-refractivity contribution is 5.89. The first-order chi connectivity index (χ1) is 12.6. The van der Waals surface area contributed by atoms with Gasteiger partial charge in [-0.05, 0) is 30.3 Å². The number of carboxylic acid groups (broad SMARTS) is 1. The normalized spacial score (nSPS) is 10.8. The van der Waals surface area contributed by atoms with Crippen LogP contribution in [0.5, 0.6) is 5.75 Å². The Morgan fingerprint density at radius 2 is 1.96 bits per heavy atom. The number of hydrogen-bond donors (Lipinski definition) is 3. The number of carboxylic acids is 1. The molecule has 2 aromatic carbocycles. The molecule has 0 amide bonds. The fourth-order valence-electron chi connectivity index (χ4n) is 2.75. The van der Waals surface area contributed by atoms with E-state index >= 15 is 0 Å². The molecule has 7 heteroatoms. The van der Waals surface area contributed by atoms with Crippen LogP contribution >= 0.6 is 0 Å².